The van der Waals surface area contributed by atoms with Crippen molar-refractivity contribution in [3.8, 4) is 0 Å². The van der Waals surface area contributed by atoms with Gasteiger partial charge in [-0.1, -0.05) is 0 Å². The summed E-state index contributed by atoms with van der Waals surface area (Å²) in [4.78, 5) is 22.3. The molecule has 2 aromatic heterocycles. The second kappa shape index (κ2) is 4.11. The Hall–Kier alpha value is -2.31. The number of aromatic carboxylic acids is 1. The molecule has 0 aromatic carbocycles. The summed E-state index contributed by atoms with van der Waals surface area (Å²) in [5, 5.41) is 8.97. The van der Waals surface area contributed by atoms with Crippen molar-refractivity contribution >= 4 is 17.3 Å². The van der Waals surface area contributed by atoms with Crippen molar-refractivity contribution in [2.24, 2.45) is 0 Å². The van der Waals surface area contributed by atoms with E-state index in [0.29, 0.717) is 0 Å². The van der Waals surface area contributed by atoms with E-state index in [1.807, 2.05) is 0 Å². The number of nitrogens with zero attached hydrogens (tertiary/aromatic N) is 1. The number of fused-ring (bicyclic) bond motifs is 1. The third-order valence-electron chi connectivity index (χ3n) is 2.69. The molecule has 0 aliphatic carbocycles. The third kappa shape index (κ3) is 2.18. The smallest absolute Gasteiger partial charge is 0.416 e. The molecule has 7 heteroatoms. The largest absolute Gasteiger partial charge is 0.478 e. The Bertz CT molecular complexity index is 685. The molecule has 2 aromatic rings. The summed E-state index contributed by atoms with van der Waals surface area (Å²) in [6.45, 7) is 1.21. The Labute approximate surface area is 105 Å². The van der Waals surface area contributed by atoms with E-state index in [1.54, 1.807) is 0 Å². The van der Waals surface area contributed by atoms with Gasteiger partial charge in [0.15, 0.2) is 5.78 Å². The minimum absolute atomic E-state index is 0.0288. The Morgan fingerprint density at radius 2 is 1.89 bits per heavy atom. The SMILES string of the molecule is CC(=O)c1cc(C(=O)O)c2cc(C(F)(F)F)ccn12. The van der Waals surface area contributed by atoms with Crippen LogP contribution in [0, 0.1) is 0 Å². The lowest BCUT2D eigenvalue weighted by molar-refractivity contribution is -0.137. The highest BCUT2D eigenvalue weighted by atomic mass is 19.4. The summed E-state index contributed by atoms with van der Waals surface area (Å²) in [7, 11) is 0. The number of rotatable bonds is 2. The summed E-state index contributed by atoms with van der Waals surface area (Å²) in [5.41, 5.74) is -1.43. The molecule has 0 aliphatic rings. The van der Waals surface area contributed by atoms with Crippen LogP contribution in [0.1, 0.15) is 33.3 Å². The number of carbonyl (C=O) groups is 2. The maximum absolute atomic E-state index is 12.6. The van der Waals surface area contributed by atoms with Gasteiger partial charge in [-0.25, -0.2) is 4.79 Å². The van der Waals surface area contributed by atoms with Crippen LogP contribution in [0.2, 0.25) is 0 Å². The molecule has 0 radical (unpaired) electrons. The molecule has 2 heterocycles. The Balaban J connectivity index is 2.80. The predicted octanol–water partition coefficient (Wildman–Crippen LogP) is 2.86. The predicted molar refractivity (Wildman–Crippen MR) is 59.4 cm³/mol. The van der Waals surface area contributed by atoms with E-state index in [1.165, 1.54) is 6.92 Å². The van der Waals surface area contributed by atoms with Crippen LogP contribution in [0.4, 0.5) is 13.2 Å². The van der Waals surface area contributed by atoms with Gasteiger partial charge in [0, 0.05) is 13.1 Å². The normalized spacial score (nSPS) is 11.8. The number of hydrogen-bond acceptors (Lipinski definition) is 2. The molecule has 0 saturated carbocycles. The molecule has 0 spiro atoms. The molecular weight excluding hydrogens is 263 g/mol. The van der Waals surface area contributed by atoms with Crippen molar-refractivity contribution in [2.75, 3.05) is 0 Å². The molecule has 0 fully saturated rings. The maximum atomic E-state index is 12.6. The first kappa shape index (κ1) is 13.1. The van der Waals surface area contributed by atoms with E-state index < -0.39 is 23.5 Å². The Kier molecular flexibility index (Phi) is 2.84. The highest BCUT2D eigenvalue weighted by Gasteiger charge is 2.31. The number of carbonyl (C=O) groups excluding carboxylic acids is 1. The van der Waals surface area contributed by atoms with Crippen molar-refractivity contribution in [3.63, 3.8) is 0 Å². The minimum Gasteiger partial charge on any atom is -0.478 e. The second-order valence-electron chi connectivity index (χ2n) is 3.97. The van der Waals surface area contributed by atoms with Gasteiger partial charge < -0.3 is 9.51 Å². The number of carboxylic acids is 1. The molecule has 0 amide bonds. The lowest BCUT2D eigenvalue weighted by Gasteiger charge is -2.08. The van der Waals surface area contributed by atoms with Crippen LogP contribution in [0.25, 0.3) is 5.52 Å². The molecule has 4 nitrogen and oxygen atoms in total. The number of pyridine rings is 1. The van der Waals surface area contributed by atoms with E-state index in [4.69, 9.17) is 5.11 Å². The summed E-state index contributed by atoms with van der Waals surface area (Å²) in [5.74, 6) is -1.81. The zero-order valence-corrected chi connectivity index (χ0v) is 9.65. The first-order valence-corrected chi connectivity index (χ1v) is 5.18. The van der Waals surface area contributed by atoms with Gasteiger partial charge >= 0.3 is 12.1 Å². The number of ketones is 1. The number of aromatic nitrogens is 1. The van der Waals surface area contributed by atoms with Crippen molar-refractivity contribution in [2.45, 2.75) is 13.1 Å². The van der Waals surface area contributed by atoms with Gasteiger partial charge in [-0.3, -0.25) is 4.79 Å². The number of halogens is 3. The van der Waals surface area contributed by atoms with Gasteiger partial charge in [-0.05, 0) is 18.2 Å². The summed E-state index contributed by atoms with van der Waals surface area (Å²) in [6.07, 6.45) is -3.53. The van der Waals surface area contributed by atoms with Gasteiger partial charge in [-0.2, -0.15) is 13.2 Å². The van der Waals surface area contributed by atoms with Crippen molar-refractivity contribution in [1.29, 1.82) is 0 Å². The van der Waals surface area contributed by atoms with E-state index in [-0.39, 0.29) is 16.8 Å². The fourth-order valence-corrected chi connectivity index (χ4v) is 1.82. The van der Waals surface area contributed by atoms with Gasteiger partial charge in [0.25, 0.3) is 0 Å². The fourth-order valence-electron chi connectivity index (χ4n) is 1.82. The Morgan fingerprint density at radius 1 is 1.26 bits per heavy atom. The summed E-state index contributed by atoms with van der Waals surface area (Å²) >= 11 is 0. The molecular formula is C12H8F3NO3. The maximum Gasteiger partial charge on any atom is 0.416 e. The van der Waals surface area contributed by atoms with Gasteiger partial charge in [0.2, 0.25) is 0 Å². The molecule has 19 heavy (non-hydrogen) atoms. The van der Waals surface area contributed by atoms with Gasteiger partial charge in [-0.15, -0.1) is 0 Å². The van der Waals surface area contributed by atoms with Crippen LogP contribution in [-0.2, 0) is 6.18 Å². The molecule has 1 N–H and O–H groups in total. The monoisotopic (exact) mass is 271 g/mol. The van der Waals surface area contributed by atoms with Gasteiger partial charge in [0.1, 0.15) is 0 Å². The zero-order chi connectivity index (χ0) is 14.4. The second-order valence-corrected chi connectivity index (χ2v) is 3.97. The molecule has 0 atom stereocenters. The lowest BCUT2D eigenvalue weighted by Crippen LogP contribution is -2.07. The molecule has 0 saturated heterocycles. The number of carboxylic acid groups (broad SMARTS) is 1. The number of Topliss-reactive ketones (excluding diaryl/α,β-unsaturated/α-hetero) is 1. The van der Waals surface area contributed by atoms with E-state index in [2.05, 4.69) is 0 Å². The highest BCUT2D eigenvalue weighted by Crippen LogP contribution is 2.31. The van der Waals surface area contributed by atoms with E-state index in [9.17, 15) is 22.8 Å². The van der Waals surface area contributed by atoms with Crippen molar-refractivity contribution in [1.82, 2.24) is 4.40 Å². The van der Waals surface area contributed by atoms with Crippen LogP contribution in [0.5, 0.6) is 0 Å². The van der Waals surface area contributed by atoms with Crippen LogP contribution < -0.4 is 0 Å². The molecule has 2 rings (SSSR count). The average Bonchev–Trinajstić information content (AvgIpc) is 2.66. The third-order valence-corrected chi connectivity index (χ3v) is 2.69. The van der Waals surface area contributed by atoms with Gasteiger partial charge in [0.05, 0.1) is 22.3 Å². The van der Waals surface area contributed by atoms with Crippen molar-refractivity contribution in [3.05, 3.63) is 41.2 Å². The van der Waals surface area contributed by atoms with E-state index >= 15 is 0 Å². The summed E-state index contributed by atoms with van der Waals surface area (Å²) < 4.78 is 38.9. The van der Waals surface area contributed by atoms with Crippen LogP contribution in [0.15, 0.2) is 24.4 Å². The standard InChI is InChI=1S/C12H8F3NO3/c1-6(17)9-5-8(11(18)19)10-4-7(12(13,14)15)2-3-16(9)10/h2-5H,1H3,(H,18,19). The Morgan fingerprint density at radius 3 is 2.37 bits per heavy atom. The molecule has 0 bridgehead atoms. The highest BCUT2D eigenvalue weighted by molar-refractivity contribution is 6.02. The van der Waals surface area contributed by atoms with Crippen LogP contribution >= 0.6 is 0 Å². The molecule has 100 valence electrons. The topological polar surface area (TPSA) is 58.8 Å². The number of alkyl halides is 3. The van der Waals surface area contributed by atoms with Crippen molar-refractivity contribution < 1.29 is 27.9 Å². The first-order valence-electron chi connectivity index (χ1n) is 5.18. The zero-order valence-electron chi connectivity index (χ0n) is 9.65. The fraction of sp³-hybridized carbons (Fsp3) is 0.167. The quantitative estimate of drug-likeness (QED) is 0.854. The van der Waals surface area contributed by atoms with E-state index in [0.717, 1.165) is 28.8 Å². The minimum atomic E-state index is -4.57. The summed E-state index contributed by atoms with van der Waals surface area (Å²) in [6, 6.07) is 2.58. The number of hydrogen-bond donors (Lipinski definition) is 1. The first-order chi connectivity index (χ1) is 8.71. The molecule has 0 unspecified atom stereocenters. The average molecular weight is 271 g/mol. The van der Waals surface area contributed by atoms with Crippen LogP contribution in [-0.4, -0.2) is 21.3 Å². The molecule has 0 aliphatic heterocycles. The lowest BCUT2D eigenvalue weighted by atomic mass is 10.2. The van der Waals surface area contributed by atoms with Crippen LogP contribution in [0.3, 0.4) is 0 Å².